The largest absolute Gasteiger partial charge is 0.361 e. The van der Waals surface area contributed by atoms with Gasteiger partial charge in [-0.25, -0.2) is 0 Å². The minimum Gasteiger partial charge on any atom is -0.361 e. The van der Waals surface area contributed by atoms with Crippen LogP contribution in [-0.2, 0) is 32.0 Å². The molecule has 4 saturated heterocycles. The molecule has 4 fully saturated rings. The molecule has 3 aromatic rings. The number of likely N-dealkylation sites (N-methyl/N-ethyl adjacent to an activating group) is 1. The van der Waals surface area contributed by atoms with Crippen LogP contribution < -0.4 is 10.2 Å². The minimum atomic E-state index is -2.04. The Morgan fingerprint density at radius 3 is 2.76 bits per heavy atom. The Morgan fingerprint density at radius 2 is 1.98 bits per heavy atom. The summed E-state index contributed by atoms with van der Waals surface area (Å²) in [4.78, 5) is 50.5. The van der Waals surface area contributed by atoms with Gasteiger partial charge in [0, 0.05) is 48.3 Å². The number of nitrogens with zero attached hydrogens (tertiary/aromatic N) is 2. The van der Waals surface area contributed by atoms with Crippen molar-refractivity contribution in [3.05, 3.63) is 71.4 Å². The number of aromatic nitrogens is 1. The lowest BCUT2D eigenvalue weighted by Gasteiger charge is -2.48. The Bertz CT molecular complexity index is 1690. The van der Waals surface area contributed by atoms with Crippen molar-refractivity contribution in [3.8, 4) is 0 Å². The van der Waals surface area contributed by atoms with Gasteiger partial charge in [-0.2, -0.15) is 0 Å². The van der Waals surface area contributed by atoms with Crippen LogP contribution in [0, 0.1) is 11.8 Å². The van der Waals surface area contributed by atoms with Gasteiger partial charge in [0.15, 0.2) is 0 Å². The van der Waals surface area contributed by atoms with Crippen molar-refractivity contribution in [2.24, 2.45) is 11.8 Å². The Kier molecular flexibility index (Phi) is 6.47. The van der Waals surface area contributed by atoms with E-state index >= 15 is 0 Å². The Labute approximate surface area is 262 Å². The number of piperazine rings is 1. The number of hydrogen-bond donors (Lipinski definition) is 4. The number of nitrogens with one attached hydrogen (secondary N) is 3. The Balaban J connectivity index is 1.12. The van der Waals surface area contributed by atoms with Crippen LogP contribution in [0.5, 0.6) is 0 Å². The summed E-state index contributed by atoms with van der Waals surface area (Å²) in [5.41, 5.74) is 2.81. The number of fused-ring (bicyclic) bond motifs is 5. The molecule has 3 amide bonds. The molecule has 0 spiro atoms. The smallest absolute Gasteiger partial charge is 0.281 e. The number of carbonyl (C=O) groups excluding carboxylic acids is 3. The van der Waals surface area contributed by atoms with Gasteiger partial charge in [0.05, 0.1) is 25.6 Å². The van der Waals surface area contributed by atoms with E-state index in [-0.39, 0.29) is 30.1 Å². The van der Waals surface area contributed by atoms with Crippen LogP contribution in [0.4, 0.5) is 0 Å². The van der Waals surface area contributed by atoms with Crippen molar-refractivity contribution in [2.75, 3.05) is 20.1 Å². The highest BCUT2D eigenvalue weighted by Crippen LogP contribution is 2.48. The summed E-state index contributed by atoms with van der Waals surface area (Å²) in [6, 6.07) is 14.6. The molecule has 5 heterocycles. The second-order valence-corrected chi connectivity index (χ2v) is 14.2. The van der Waals surface area contributed by atoms with Crippen LogP contribution in [0.3, 0.4) is 0 Å². The van der Waals surface area contributed by atoms with Crippen molar-refractivity contribution in [1.82, 2.24) is 20.1 Å². The number of carbonyl (C=O) groups is 3. The third-order valence-corrected chi connectivity index (χ3v) is 11.4. The van der Waals surface area contributed by atoms with E-state index in [1.807, 2.05) is 44.2 Å². The molecule has 4 N–H and O–H groups in total. The molecule has 10 nitrogen and oxygen atoms in total. The number of quaternary nitrogens is 1. The number of benzene rings is 2. The molecule has 45 heavy (non-hydrogen) atoms. The monoisotopic (exact) mass is 612 g/mol. The lowest BCUT2D eigenvalue weighted by Crippen LogP contribution is -3.16. The highest BCUT2D eigenvalue weighted by molar-refractivity contribution is 5.98. The lowest BCUT2D eigenvalue weighted by molar-refractivity contribution is -0.915. The number of amides is 3. The molecule has 0 saturated carbocycles. The van der Waals surface area contributed by atoms with Gasteiger partial charge in [-0.05, 0) is 42.0 Å². The van der Waals surface area contributed by atoms with Gasteiger partial charge in [-0.3, -0.25) is 24.0 Å². The minimum absolute atomic E-state index is 0.187. The van der Waals surface area contributed by atoms with Gasteiger partial charge < -0.3 is 25.2 Å². The summed E-state index contributed by atoms with van der Waals surface area (Å²) in [5.74, 6) is -3.69. The predicted molar refractivity (Wildman–Crippen MR) is 166 cm³/mol. The van der Waals surface area contributed by atoms with E-state index < -0.39 is 35.5 Å². The maximum absolute atomic E-state index is 14.6. The average molecular weight is 613 g/mol. The molecule has 1 unspecified atom stereocenters. The second kappa shape index (κ2) is 10.1. The molecule has 8 atom stereocenters. The van der Waals surface area contributed by atoms with Gasteiger partial charge in [-0.1, -0.05) is 56.3 Å². The maximum atomic E-state index is 14.6. The van der Waals surface area contributed by atoms with Crippen LogP contribution in [0.1, 0.15) is 55.7 Å². The molecule has 2 aromatic carbocycles. The zero-order chi connectivity index (χ0) is 31.2. The Morgan fingerprint density at radius 1 is 1.18 bits per heavy atom. The summed E-state index contributed by atoms with van der Waals surface area (Å²) in [6.07, 6.45) is 5.20. The molecule has 10 heteroatoms. The van der Waals surface area contributed by atoms with Crippen LogP contribution in [0.25, 0.3) is 10.9 Å². The number of likely N-dealkylation sites (tertiary alicyclic amines) is 1. The first-order chi connectivity index (χ1) is 21.6. The van der Waals surface area contributed by atoms with Crippen LogP contribution in [-0.4, -0.2) is 87.5 Å². The molecule has 0 radical (unpaired) electrons. The van der Waals surface area contributed by atoms with E-state index in [9.17, 15) is 19.5 Å². The van der Waals surface area contributed by atoms with E-state index in [1.54, 1.807) is 4.90 Å². The number of aromatic amines is 1. The first-order valence-corrected chi connectivity index (χ1v) is 16.5. The molecule has 1 aromatic heterocycles. The number of ether oxygens (including phenoxy) is 1. The summed E-state index contributed by atoms with van der Waals surface area (Å²) in [5, 5.41) is 16.6. The van der Waals surface area contributed by atoms with E-state index in [4.69, 9.17) is 4.74 Å². The number of piperidine rings is 1. The first-order valence-electron chi connectivity index (χ1n) is 16.5. The van der Waals surface area contributed by atoms with Crippen molar-refractivity contribution in [1.29, 1.82) is 0 Å². The van der Waals surface area contributed by atoms with Crippen molar-refractivity contribution >= 4 is 28.6 Å². The first kappa shape index (κ1) is 28.7. The molecular formula is C35H42N5O5+. The van der Waals surface area contributed by atoms with E-state index in [2.05, 4.69) is 41.7 Å². The lowest BCUT2D eigenvalue weighted by atomic mass is 9.72. The highest BCUT2D eigenvalue weighted by Gasteiger charge is 2.72. The summed E-state index contributed by atoms with van der Waals surface area (Å²) in [6.45, 7) is 4.78. The summed E-state index contributed by atoms with van der Waals surface area (Å²) in [7, 11) is 2.15. The molecule has 1 aliphatic carbocycles. The van der Waals surface area contributed by atoms with Gasteiger partial charge in [0.25, 0.3) is 11.8 Å². The molecule has 0 bridgehead atoms. The quantitative estimate of drug-likeness (QED) is 0.347. The van der Waals surface area contributed by atoms with Crippen molar-refractivity contribution < 1.29 is 29.1 Å². The van der Waals surface area contributed by atoms with Gasteiger partial charge in [0.2, 0.25) is 17.5 Å². The predicted octanol–water partition coefficient (Wildman–Crippen LogP) is 1.30. The zero-order valence-electron chi connectivity index (χ0n) is 26.1. The number of aliphatic hydroxyl groups is 1. The number of hydrogen-bond acceptors (Lipinski definition) is 5. The third-order valence-electron chi connectivity index (χ3n) is 11.4. The summed E-state index contributed by atoms with van der Waals surface area (Å²) < 4.78 is 6.52. The Hall–Kier alpha value is -3.73. The van der Waals surface area contributed by atoms with Crippen molar-refractivity contribution in [2.45, 2.75) is 81.6 Å². The maximum Gasteiger partial charge on any atom is 0.281 e. The third kappa shape index (κ3) is 4.08. The van der Waals surface area contributed by atoms with Crippen LogP contribution >= 0.6 is 0 Å². The normalized spacial score (nSPS) is 35.5. The fourth-order valence-corrected chi connectivity index (χ4v) is 9.15. The molecule has 236 valence electrons. The molecule has 5 aliphatic rings. The standard InChI is InChI=1S/C35H41N5O5/c1-20(2)34(37-31(41)23-16-25-24-11-7-12-26-30(24)22(18-36-26)17-27(25)38(3)19-23)33(43)40-28(15-21-9-5-4-6-10-21)32(42)39-14-8-13-29(39)35(40,44)45-34/h4-7,9-12,18,20,23,25,27-29,36,44H,8,13-17,19H2,1-3H3,(H,37,41)/p+1/t23-,25-,27-,28+,29+,34-,35+/m1/s1. The van der Waals surface area contributed by atoms with Gasteiger partial charge >= 0.3 is 0 Å². The highest BCUT2D eigenvalue weighted by atomic mass is 16.7. The fourth-order valence-electron chi connectivity index (χ4n) is 9.15. The van der Waals surface area contributed by atoms with Crippen LogP contribution in [0.2, 0.25) is 0 Å². The molecule has 8 rings (SSSR count). The SMILES string of the molecule is CC(C)[C@@]1(NC(=O)[C@@H]2C[C@@H]3c4cccc5[nH]cc(c45)C[C@H]3[NH+](C)C2)O[C@@]2(O)[C@@H]3CCCN3C(=O)[C@H](Cc3ccccc3)N2C1=O. The van der Waals surface area contributed by atoms with Gasteiger partial charge in [-0.15, -0.1) is 0 Å². The average Bonchev–Trinajstić information content (AvgIpc) is 3.74. The summed E-state index contributed by atoms with van der Waals surface area (Å²) >= 11 is 0. The fraction of sp³-hybridized carbons (Fsp3) is 0.514. The van der Waals surface area contributed by atoms with E-state index in [1.165, 1.54) is 26.3 Å². The number of rotatable bonds is 5. The van der Waals surface area contributed by atoms with E-state index in [0.717, 1.165) is 17.5 Å². The molecular weight excluding hydrogens is 570 g/mol. The van der Waals surface area contributed by atoms with E-state index in [0.29, 0.717) is 38.4 Å². The van der Waals surface area contributed by atoms with Crippen molar-refractivity contribution in [3.63, 3.8) is 0 Å². The number of H-pyrrole nitrogens is 1. The topological polar surface area (TPSA) is 119 Å². The zero-order valence-corrected chi connectivity index (χ0v) is 26.1. The van der Waals surface area contributed by atoms with Crippen LogP contribution in [0.15, 0.2) is 54.7 Å². The van der Waals surface area contributed by atoms with Gasteiger partial charge in [0.1, 0.15) is 12.1 Å². The molecule has 4 aliphatic heterocycles. The second-order valence-electron chi connectivity index (χ2n) is 14.2.